The lowest BCUT2D eigenvalue weighted by atomic mass is 9.74. The third-order valence-corrected chi connectivity index (χ3v) is 13.9. The summed E-state index contributed by atoms with van der Waals surface area (Å²) in [6.45, 7) is 19.3. The van der Waals surface area contributed by atoms with Gasteiger partial charge in [-0.25, -0.2) is 0 Å². The lowest BCUT2D eigenvalue weighted by Gasteiger charge is -2.45. The van der Waals surface area contributed by atoms with Gasteiger partial charge in [-0.15, -0.1) is 9.24 Å². The first-order valence-corrected chi connectivity index (χ1v) is 17.7. The second-order valence-corrected chi connectivity index (χ2v) is 18.9. The molecule has 222 valence electrons. The van der Waals surface area contributed by atoms with Gasteiger partial charge in [0.2, 0.25) is 0 Å². The van der Waals surface area contributed by atoms with E-state index in [-0.39, 0.29) is 29.3 Å². The van der Waals surface area contributed by atoms with Gasteiger partial charge in [0, 0.05) is 11.1 Å². The first-order chi connectivity index (χ1) is 20.3. The molecule has 0 aliphatic heterocycles. The highest BCUT2D eigenvalue weighted by Gasteiger charge is 2.47. The maximum Gasteiger partial charge on any atom is 0.0449 e. The maximum atomic E-state index is 3.44. The van der Waals surface area contributed by atoms with E-state index in [1.54, 1.807) is 5.57 Å². The normalized spacial score (nSPS) is 16.1. The second kappa shape index (κ2) is 12.3. The van der Waals surface area contributed by atoms with E-state index in [1.807, 2.05) is 0 Å². The standard InChI is InChI=1S/C41H48P2/c1-29-19-15-17-25-35(29)41(42,36-26-18-16-20-30(36)2)37-27-33(31-21-11-9-12-22-31)38(32-23-13-10-14-24-32)34(37)28-43(39(3,4)5)40(6,7)8/h9-27,37H,28,42H2,1-8H3. The third kappa shape index (κ3) is 6.25. The summed E-state index contributed by atoms with van der Waals surface area (Å²) < 4.78 is 0. The van der Waals surface area contributed by atoms with Crippen molar-refractivity contribution >= 4 is 28.3 Å². The van der Waals surface area contributed by atoms with E-state index in [9.17, 15) is 0 Å². The van der Waals surface area contributed by atoms with Crippen molar-refractivity contribution in [3.05, 3.63) is 154 Å². The Labute approximate surface area is 264 Å². The van der Waals surface area contributed by atoms with Crippen molar-refractivity contribution in [3.8, 4) is 0 Å². The lowest BCUT2D eigenvalue weighted by Crippen LogP contribution is -2.34. The number of aryl methyl sites for hydroxylation is 2. The molecule has 0 saturated carbocycles. The molecule has 0 N–H and O–H groups in total. The van der Waals surface area contributed by atoms with E-state index in [0.717, 1.165) is 6.16 Å². The quantitative estimate of drug-likeness (QED) is 0.185. The van der Waals surface area contributed by atoms with E-state index in [2.05, 4.69) is 180 Å². The molecule has 4 aromatic carbocycles. The second-order valence-electron chi connectivity index (χ2n) is 14.1. The predicted octanol–water partition coefficient (Wildman–Crippen LogP) is 11.7. The molecule has 0 amide bonds. The summed E-state index contributed by atoms with van der Waals surface area (Å²) in [7, 11) is 3.05. The molecule has 2 atom stereocenters. The van der Waals surface area contributed by atoms with Gasteiger partial charge in [-0.1, -0.05) is 165 Å². The van der Waals surface area contributed by atoms with E-state index in [1.165, 1.54) is 44.5 Å². The van der Waals surface area contributed by atoms with Crippen LogP contribution in [0.3, 0.4) is 0 Å². The molecule has 1 aliphatic carbocycles. The van der Waals surface area contributed by atoms with Crippen LogP contribution in [-0.2, 0) is 5.16 Å². The Hall–Kier alpha value is -2.78. The van der Waals surface area contributed by atoms with Crippen molar-refractivity contribution in [1.29, 1.82) is 0 Å². The highest BCUT2D eigenvalue weighted by atomic mass is 31.1. The lowest BCUT2D eigenvalue weighted by molar-refractivity contribution is 0.595. The smallest absolute Gasteiger partial charge is 0.0449 e. The first-order valence-electron chi connectivity index (χ1n) is 15.6. The van der Waals surface area contributed by atoms with Gasteiger partial charge in [-0.3, -0.25) is 0 Å². The average molecular weight is 603 g/mol. The summed E-state index contributed by atoms with van der Waals surface area (Å²) in [6, 6.07) is 40.3. The van der Waals surface area contributed by atoms with Gasteiger partial charge in [0.25, 0.3) is 0 Å². The van der Waals surface area contributed by atoms with Crippen molar-refractivity contribution in [3.63, 3.8) is 0 Å². The number of rotatable bonds is 7. The number of allylic oxidation sites excluding steroid dienone is 4. The molecule has 2 unspecified atom stereocenters. The summed E-state index contributed by atoms with van der Waals surface area (Å²) in [5.74, 6) is 0.166. The molecule has 0 bridgehead atoms. The Kier molecular flexibility index (Phi) is 9.06. The van der Waals surface area contributed by atoms with Gasteiger partial charge < -0.3 is 0 Å². The molecule has 43 heavy (non-hydrogen) atoms. The fraction of sp³-hybridized carbons (Fsp3) is 0.317. The highest BCUT2D eigenvalue weighted by molar-refractivity contribution is 7.61. The minimum atomic E-state index is -0.386. The van der Waals surface area contributed by atoms with Crippen molar-refractivity contribution < 1.29 is 0 Å². The minimum Gasteiger partial charge on any atom is -0.121 e. The van der Waals surface area contributed by atoms with Gasteiger partial charge in [0.1, 0.15) is 0 Å². The Morgan fingerprint density at radius 3 is 1.44 bits per heavy atom. The van der Waals surface area contributed by atoms with Gasteiger partial charge in [0.05, 0.1) is 0 Å². The number of hydrogen-bond acceptors (Lipinski definition) is 0. The molecule has 5 rings (SSSR count). The largest absolute Gasteiger partial charge is 0.121 e. The van der Waals surface area contributed by atoms with Gasteiger partial charge in [0.15, 0.2) is 0 Å². The summed E-state index contributed by atoms with van der Waals surface area (Å²) in [6.07, 6.45) is 3.72. The molecule has 0 saturated heterocycles. The molecule has 0 radical (unpaired) electrons. The monoisotopic (exact) mass is 602 g/mol. The Bertz CT molecular complexity index is 1570. The molecule has 0 heterocycles. The molecular weight excluding hydrogens is 554 g/mol. The molecule has 2 heteroatoms. The van der Waals surface area contributed by atoms with Crippen molar-refractivity contribution in [2.24, 2.45) is 5.92 Å². The van der Waals surface area contributed by atoms with E-state index < -0.39 is 0 Å². The summed E-state index contributed by atoms with van der Waals surface area (Å²) >= 11 is 0. The number of hydrogen-bond donors (Lipinski definition) is 0. The third-order valence-electron chi connectivity index (χ3n) is 9.07. The van der Waals surface area contributed by atoms with Gasteiger partial charge in [-0.2, -0.15) is 0 Å². The van der Waals surface area contributed by atoms with Crippen LogP contribution in [0.2, 0.25) is 0 Å². The van der Waals surface area contributed by atoms with Crippen LogP contribution in [0.1, 0.15) is 74.9 Å². The Morgan fingerprint density at radius 1 is 0.581 bits per heavy atom. The molecule has 0 spiro atoms. The molecule has 0 fully saturated rings. The maximum absolute atomic E-state index is 3.44. The fourth-order valence-corrected chi connectivity index (χ4v) is 11.9. The SMILES string of the molecule is Cc1ccccc1C(P)(c1ccccc1C)C1C=C(c2ccccc2)C(c2ccccc2)=C1CP(C(C)(C)C)C(C)(C)C. The Morgan fingerprint density at radius 2 is 1.00 bits per heavy atom. The summed E-state index contributed by atoms with van der Waals surface area (Å²) in [5, 5.41) is 0.0773. The zero-order valence-corrected chi connectivity index (χ0v) is 29.3. The van der Waals surface area contributed by atoms with E-state index >= 15 is 0 Å². The van der Waals surface area contributed by atoms with Crippen LogP contribution in [0, 0.1) is 19.8 Å². The van der Waals surface area contributed by atoms with Crippen molar-refractivity contribution in [1.82, 2.24) is 0 Å². The van der Waals surface area contributed by atoms with Crippen LogP contribution >= 0.6 is 17.2 Å². The van der Waals surface area contributed by atoms with Gasteiger partial charge in [-0.05, 0) is 80.4 Å². The van der Waals surface area contributed by atoms with Crippen molar-refractivity contribution in [2.45, 2.75) is 70.9 Å². The van der Waals surface area contributed by atoms with Crippen LogP contribution < -0.4 is 0 Å². The molecule has 0 aromatic heterocycles. The molecule has 4 aromatic rings. The zero-order valence-electron chi connectivity index (χ0n) is 27.3. The van der Waals surface area contributed by atoms with Crippen LogP contribution in [0.4, 0.5) is 0 Å². The van der Waals surface area contributed by atoms with Crippen LogP contribution in [0.25, 0.3) is 11.1 Å². The molecule has 1 aliphatic rings. The molecule has 0 nitrogen and oxygen atoms in total. The zero-order chi connectivity index (χ0) is 31.0. The molecular formula is C41H48P2. The topological polar surface area (TPSA) is 0 Å². The highest BCUT2D eigenvalue weighted by Crippen LogP contribution is 2.65. The summed E-state index contributed by atoms with van der Waals surface area (Å²) in [4.78, 5) is 0. The van der Waals surface area contributed by atoms with Crippen LogP contribution in [-0.4, -0.2) is 16.5 Å². The Balaban J connectivity index is 1.90. The van der Waals surface area contributed by atoms with E-state index in [0.29, 0.717) is 0 Å². The average Bonchev–Trinajstić information content (AvgIpc) is 3.36. The van der Waals surface area contributed by atoms with Gasteiger partial charge >= 0.3 is 0 Å². The van der Waals surface area contributed by atoms with Crippen LogP contribution in [0.5, 0.6) is 0 Å². The summed E-state index contributed by atoms with van der Waals surface area (Å²) in [5.41, 5.74) is 12.4. The fourth-order valence-electron chi connectivity index (χ4n) is 7.27. The predicted molar refractivity (Wildman–Crippen MR) is 195 cm³/mol. The minimum absolute atomic E-state index is 0.166. The van der Waals surface area contributed by atoms with Crippen LogP contribution in [0.15, 0.2) is 121 Å². The number of benzene rings is 4. The van der Waals surface area contributed by atoms with Crippen molar-refractivity contribution in [2.75, 3.05) is 6.16 Å². The van der Waals surface area contributed by atoms with E-state index in [4.69, 9.17) is 0 Å². The first kappa shape index (κ1) is 31.6.